The van der Waals surface area contributed by atoms with Crippen LogP contribution in [-0.4, -0.2) is 96.7 Å². The molecule has 0 bridgehead atoms. The highest BCUT2D eigenvalue weighted by atomic mass is 31.2. The zero-order chi connectivity index (χ0) is 72.7. The van der Waals surface area contributed by atoms with E-state index in [0.717, 1.165) is 128 Å². The number of rotatable bonds is 76. The van der Waals surface area contributed by atoms with Crippen molar-refractivity contribution in [3.05, 3.63) is 48.6 Å². The number of carbonyl (C=O) groups excluding carboxylic acids is 4. The standard InChI is InChI=1S/C80H148O17P2/c1-6-10-13-16-19-22-25-28-31-32-35-38-41-44-51-56-61-66-79(84)96-75(69-90-77(82)63-58-53-48-42-39-36-33-29-26-23-20-17-14-11-7-2)71-94-98(86,87)92-67-74(81)68-93-99(88,89)95-72-76(70-91-78(83)64-59-54-49-46-45-47-52-57-62-73(5)9-4)97-80(85)65-60-55-50-43-40-37-34-30-27-24-21-18-15-12-8-3/h23-24,26-27,29-30,33-34,73-76,81H,6-22,25,28,31-32,35-72H2,1-5H3,(H,86,87)(H,88,89)/b26-23-,27-24-,33-29-,34-30-/t73?,74-,75-,76-/m1/s1. The fourth-order valence-electron chi connectivity index (χ4n) is 11.3. The van der Waals surface area contributed by atoms with Gasteiger partial charge in [-0.3, -0.25) is 37.3 Å². The summed E-state index contributed by atoms with van der Waals surface area (Å²) >= 11 is 0. The summed E-state index contributed by atoms with van der Waals surface area (Å²) in [5.74, 6) is -1.40. The molecule has 580 valence electrons. The van der Waals surface area contributed by atoms with Crippen molar-refractivity contribution in [2.45, 2.75) is 393 Å². The third-order valence-corrected chi connectivity index (χ3v) is 19.8. The van der Waals surface area contributed by atoms with E-state index in [-0.39, 0.29) is 25.7 Å². The SMILES string of the molecule is CCCCCC/C=C\C=C/CCCCCCCC(=O)OC[C@H](COP(=O)(O)OC[C@@H](O)COP(=O)(O)OC[C@@H](COC(=O)CCCCCCCCCCC(C)CC)OC(=O)CCCCCCC/C=C\C=C/CCCCCC)OC(=O)CCCCCCCCCCCCCCCCCCC. The van der Waals surface area contributed by atoms with Gasteiger partial charge in [0.25, 0.3) is 0 Å². The Labute approximate surface area is 604 Å². The molecule has 17 nitrogen and oxygen atoms in total. The van der Waals surface area contributed by atoms with Crippen LogP contribution in [0.3, 0.4) is 0 Å². The Kier molecular flexibility index (Phi) is 69.8. The molecule has 0 aliphatic heterocycles. The monoisotopic (exact) mass is 1440 g/mol. The molecule has 0 amide bonds. The summed E-state index contributed by atoms with van der Waals surface area (Å²) in [6.07, 6.45) is 68.1. The van der Waals surface area contributed by atoms with Gasteiger partial charge in [-0.05, 0) is 83.0 Å². The van der Waals surface area contributed by atoms with Crippen LogP contribution in [0.1, 0.15) is 375 Å². The van der Waals surface area contributed by atoms with Gasteiger partial charge in [0, 0.05) is 25.7 Å². The Morgan fingerprint density at radius 3 is 0.859 bits per heavy atom. The number of ether oxygens (including phenoxy) is 4. The quantitative estimate of drug-likeness (QED) is 0.0169. The van der Waals surface area contributed by atoms with Gasteiger partial charge in [0.2, 0.25) is 0 Å². The molecule has 99 heavy (non-hydrogen) atoms. The van der Waals surface area contributed by atoms with Gasteiger partial charge in [0.15, 0.2) is 12.2 Å². The lowest BCUT2D eigenvalue weighted by Gasteiger charge is -2.21. The minimum atomic E-state index is -4.97. The second-order valence-corrected chi connectivity index (χ2v) is 30.6. The van der Waals surface area contributed by atoms with E-state index in [1.165, 1.54) is 167 Å². The van der Waals surface area contributed by atoms with Crippen LogP contribution in [-0.2, 0) is 65.4 Å². The molecule has 0 aromatic rings. The average molecular weight is 1440 g/mol. The first-order valence-corrected chi connectivity index (χ1v) is 43.3. The first-order valence-electron chi connectivity index (χ1n) is 40.3. The van der Waals surface area contributed by atoms with Crippen molar-refractivity contribution in [3.63, 3.8) is 0 Å². The molecule has 0 aromatic heterocycles. The largest absolute Gasteiger partial charge is 0.472 e. The smallest absolute Gasteiger partial charge is 0.462 e. The van der Waals surface area contributed by atoms with Crippen LogP contribution < -0.4 is 0 Å². The van der Waals surface area contributed by atoms with E-state index in [4.69, 9.17) is 37.0 Å². The lowest BCUT2D eigenvalue weighted by Crippen LogP contribution is -2.30. The van der Waals surface area contributed by atoms with Crippen LogP contribution in [0.2, 0.25) is 0 Å². The topological polar surface area (TPSA) is 237 Å². The van der Waals surface area contributed by atoms with Gasteiger partial charge >= 0.3 is 39.5 Å². The molecule has 19 heteroatoms. The Hall–Kier alpha value is -2.98. The molecule has 0 rings (SSSR count). The molecule has 0 saturated carbocycles. The van der Waals surface area contributed by atoms with Crippen LogP contribution in [0.25, 0.3) is 0 Å². The Bertz CT molecular complexity index is 2080. The molecule has 0 aliphatic rings. The van der Waals surface area contributed by atoms with Gasteiger partial charge < -0.3 is 33.8 Å². The first-order chi connectivity index (χ1) is 48.1. The summed E-state index contributed by atoms with van der Waals surface area (Å²) in [5.41, 5.74) is 0. The lowest BCUT2D eigenvalue weighted by atomic mass is 9.99. The van der Waals surface area contributed by atoms with Crippen LogP contribution in [0.4, 0.5) is 0 Å². The maximum atomic E-state index is 13.1. The highest BCUT2D eigenvalue weighted by molar-refractivity contribution is 7.47. The van der Waals surface area contributed by atoms with Gasteiger partial charge in [0.1, 0.15) is 19.3 Å². The summed E-state index contributed by atoms with van der Waals surface area (Å²) in [5, 5.41) is 10.6. The van der Waals surface area contributed by atoms with E-state index in [1.807, 2.05) is 0 Å². The average Bonchev–Trinajstić information content (AvgIpc) is 1.41. The van der Waals surface area contributed by atoms with Gasteiger partial charge in [-0.25, -0.2) is 9.13 Å². The predicted molar refractivity (Wildman–Crippen MR) is 404 cm³/mol. The summed E-state index contributed by atoms with van der Waals surface area (Å²) < 4.78 is 68.6. The highest BCUT2D eigenvalue weighted by Gasteiger charge is 2.30. The number of aliphatic hydroxyl groups excluding tert-OH is 1. The van der Waals surface area contributed by atoms with Crippen LogP contribution in [0.5, 0.6) is 0 Å². The first kappa shape index (κ1) is 96.0. The van der Waals surface area contributed by atoms with Gasteiger partial charge in [0.05, 0.1) is 26.4 Å². The van der Waals surface area contributed by atoms with Crippen molar-refractivity contribution in [1.82, 2.24) is 0 Å². The van der Waals surface area contributed by atoms with Gasteiger partial charge in [-0.1, -0.05) is 321 Å². The molecule has 0 heterocycles. The maximum absolute atomic E-state index is 13.1. The Morgan fingerprint density at radius 1 is 0.323 bits per heavy atom. The number of carbonyl (C=O) groups is 4. The van der Waals surface area contributed by atoms with Gasteiger partial charge in [-0.2, -0.15) is 0 Å². The molecule has 0 saturated heterocycles. The van der Waals surface area contributed by atoms with Gasteiger partial charge in [-0.15, -0.1) is 0 Å². The van der Waals surface area contributed by atoms with E-state index in [2.05, 4.69) is 83.2 Å². The normalized spacial score (nSPS) is 14.5. The third kappa shape index (κ3) is 71.8. The molecular weight excluding hydrogens is 1290 g/mol. The van der Waals surface area contributed by atoms with E-state index in [1.54, 1.807) is 0 Å². The second kappa shape index (κ2) is 72.0. The minimum absolute atomic E-state index is 0.0825. The molecule has 0 fully saturated rings. The number of hydrogen-bond donors (Lipinski definition) is 3. The zero-order valence-electron chi connectivity index (χ0n) is 63.6. The zero-order valence-corrected chi connectivity index (χ0v) is 65.4. The lowest BCUT2D eigenvalue weighted by molar-refractivity contribution is -0.161. The molecule has 0 aromatic carbocycles. The van der Waals surface area contributed by atoms with E-state index < -0.39 is 97.5 Å². The summed E-state index contributed by atoms with van der Waals surface area (Å²) in [7, 11) is -9.94. The fraction of sp³-hybridized carbons (Fsp3) is 0.850. The number of aliphatic hydroxyl groups is 1. The van der Waals surface area contributed by atoms with Crippen molar-refractivity contribution >= 4 is 39.5 Å². The number of unbranched alkanes of at least 4 members (excludes halogenated alkanes) is 41. The number of phosphoric ester groups is 2. The molecule has 0 spiro atoms. The molecule has 3 unspecified atom stereocenters. The molecule has 3 N–H and O–H groups in total. The summed E-state index contributed by atoms with van der Waals surface area (Å²) in [6, 6.07) is 0. The fourth-order valence-corrected chi connectivity index (χ4v) is 12.9. The highest BCUT2D eigenvalue weighted by Crippen LogP contribution is 2.45. The minimum Gasteiger partial charge on any atom is -0.462 e. The predicted octanol–water partition coefficient (Wildman–Crippen LogP) is 23.1. The van der Waals surface area contributed by atoms with Crippen molar-refractivity contribution in [2.75, 3.05) is 39.6 Å². The third-order valence-electron chi connectivity index (χ3n) is 17.9. The van der Waals surface area contributed by atoms with Crippen molar-refractivity contribution in [3.8, 4) is 0 Å². The van der Waals surface area contributed by atoms with Crippen LogP contribution in [0.15, 0.2) is 48.6 Å². The van der Waals surface area contributed by atoms with E-state index in [0.29, 0.717) is 25.7 Å². The van der Waals surface area contributed by atoms with Crippen molar-refractivity contribution in [1.29, 1.82) is 0 Å². The number of esters is 4. The number of phosphoric acid groups is 2. The molecule has 0 aliphatic carbocycles. The maximum Gasteiger partial charge on any atom is 0.472 e. The van der Waals surface area contributed by atoms with E-state index >= 15 is 0 Å². The number of allylic oxidation sites excluding steroid dienone is 8. The van der Waals surface area contributed by atoms with Crippen molar-refractivity contribution in [2.24, 2.45) is 5.92 Å². The summed E-state index contributed by atoms with van der Waals surface area (Å²) in [6.45, 7) is 7.19. The van der Waals surface area contributed by atoms with Crippen LogP contribution in [0, 0.1) is 5.92 Å². The molecule has 0 radical (unpaired) electrons. The Morgan fingerprint density at radius 2 is 0.566 bits per heavy atom. The van der Waals surface area contributed by atoms with Crippen molar-refractivity contribution < 1.29 is 80.2 Å². The van der Waals surface area contributed by atoms with Crippen LogP contribution >= 0.6 is 15.6 Å². The molecule has 6 atom stereocenters. The number of hydrogen-bond acceptors (Lipinski definition) is 15. The summed E-state index contributed by atoms with van der Waals surface area (Å²) in [4.78, 5) is 73.0. The second-order valence-electron chi connectivity index (χ2n) is 27.7. The molecular formula is C80H148O17P2. The Balaban J connectivity index is 5.34. The van der Waals surface area contributed by atoms with E-state index in [9.17, 15) is 43.2 Å².